The van der Waals surface area contributed by atoms with Gasteiger partial charge in [0.15, 0.2) is 5.82 Å². The summed E-state index contributed by atoms with van der Waals surface area (Å²) in [5.41, 5.74) is 7.46. The second-order valence-corrected chi connectivity index (χ2v) is 4.84. The normalized spacial score (nSPS) is 15.8. The van der Waals surface area contributed by atoms with Crippen molar-refractivity contribution in [2.45, 2.75) is 31.7 Å². The van der Waals surface area contributed by atoms with Gasteiger partial charge in [-0.25, -0.2) is 4.68 Å². The van der Waals surface area contributed by atoms with Crippen LogP contribution in [-0.2, 0) is 0 Å². The average molecular weight is 259 g/mol. The number of methoxy groups -OCH3 is 1. The van der Waals surface area contributed by atoms with Crippen LogP contribution in [0.25, 0.3) is 11.4 Å². The molecule has 1 aromatic carbocycles. The number of benzene rings is 1. The lowest BCUT2D eigenvalue weighted by molar-refractivity contribution is 0.417. The van der Waals surface area contributed by atoms with E-state index < -0.39 is 0 Å². The van der Waals surface area contributed by atoms with Gasteiger partial charge in [-0.2, -0.15) is 0 Å². The van der Waals surface area contributed by atoms with Gasteiger partial charge in [0.2, 0.25) is 0 Å². The van der Waals surface area contributed by atoms with Crippen molar-refractivity contribution in [3.8, 4) is 17.1 Å². The van der Waals surface area contributed by atoms with Crippen LogP contribution < -0.4 is 10.5 Å². The second kappa shape index (κ2) is 4.87. The molecule has 2 aromatic rings. The first-order chi connectivity index (χ1) is 9.29. The molecule has 100 valence electrons. The molecule has 1 saturated carbocycles. The summed E-state index contributed by atoms with van der Waals surface area (Å²) in [5.74, 6) is 1.45. The highest BCUT2D eigenvalue weighted by Crippen LogP contribution is 2.33. The van der Waals surface area contributed by atoms with Crippen molar-refractivity contribution in [2.75, 3.05) is 12.8 Å². The fourth-order valence-electron chi connectivity index (χ4n) is 2.65. The molecule has 2 N–H and O–H groups in total. The first-order valence-electron chi connectivity index (χ1n) is 6.51. The molecule has 1 aliphatic rings. The van der Waals surface area contributed by atoms with Gasteiger partial charge in [-0.1, -0.05) is 12.8 Å². The minimum absolute atomic E-state index is 0.410. The summed E-state index contributed by atoms with van der Waals surface area (Å²) < 4.78 is 7.09. The molecule has 0 radical (unpaired) electrons. The van der Waals surface area contributed by atoms with Crippen molar-refractivity contribution < 1.29 is 4.74 Å². The predicted octanol–water partition coefficient (Wildman–Crippen LogP) is 2.05. The Kier molecular flexibility index (Phi) is 3.06. The second-order valence-electron chi connectivity index (χ2n) is 4.84. The third kappa shape index (κ3) is 2.14. The van der Waals surface area contributed by atoms with Gasteiger partial charge in [0.1, 0.15) is 5.75 Å². The molecular formula is C13H17N5O. The molecule has 0 saturated heterocycles. The molecule has 1 aromatic heterocycles. The van der Waals surface area contributed by atoms with E-state index in [0.29, 0.717) is 17.5 Å². The van der Waals surface area contributed by atoms with Crippen molar-refractivity contribution in [3.63, 3.8) is 0 Å². The van der Waals surface area contributed by atoms with E-state index in [-0.39, 0.29) is 0 Å². The van der Waals surface area contributed by atoms with E-state index in [0.717, 1.165) is 24.2 Å². The van der Waals surface area contributed by atoms with Crippen LogP contribution in [-0.4, -0.2) is 27.3 Å². The molecule has 6 nitrogen and oxygen atoms in total. The molecule has 6 heteroatoms. The lowest BCUT2D eigenvalue weighted by atomic mass is 10.1. The molecule has 0 atom stereocenters. The van der Waals surface area contributed by atoms with Crippen LogP contribution in [0.15, 0.2) is 18.2 Å². The number of ether oxygens (including phenoxy) is 1. The number of nitrogens with zero attached hydrogens (tertiary/aromatic N) is 4. The highest BCUT2D eigenvalue weighted by atomic mass is 16.5. The molecule has 3 rings (SSSR count). The number of rotatable bonds is 3. The van der Waals surface area contributed by atoms with Crippen LogP contribution in [0.4, 0.5) is 5.69 Å². The Morgan fingerprint density at radius 1 is 1.32 bits per heavy atom. The smallest absolute Gasteiger partial charge is 0.182 e. The van der Waals surface area contributed by atoms with Crippen molar-refractivity contribution in [1.29, 1.82) is 0 Å². The Bertz CT molecular complexity index is 574. The highest BCUT2D eigenvalue weighted by molar-refractivity contribution is 5.66. The predicted molar refractivity (Wildman–Crippen MR) is 71.7 cm³/mol. The van der Waals surface area contributed by atoms with E-state index in [1.165, 1.54) is 12.8 Å². The summed E-state index contributed by atoms with van der Waals surface area (Å²) in [4.78, 5) is 0. The Balaban J connectivity index is 1.98. The van der Waals surface area contributed by atoms with Crippen LogP contribution in [0.3, 0.4) is 0 Å². The topological polar surface area (TPSA) is 78.9 Å². The quantitative estimate of drug-likeness (QED) is 0.853. The molecule has 0 amide bonds. The largest absolute Gasteiger partial charge is 0.495 e. The van der Waals surface area contributed by atoms with Crippen molar-refractivity contribution in [3.05, 3.63) is 18.2 Å². The summed E-state index contributed by atoms with van der Waals surface area (Å²) in [6.07, 6.45) is 4.77. The van der Waals surface area contributed by atoms with E-state index in [1.54, 1.807) is 7.11 Å². The molecular weight excluding hydrogens is 242 g/mol. The first kappa shape index (κ1) is 12.0. The van der Waals surface area contributed by atoms with Crippen molar-refractivity contribution in [1.82, 2.24) is 20.2 Å². The number of anilines is 1. The van der Waals surface area contributed by atoms with Gasteiger partial charge in [0.05, 0.1) is 18.8 Å². The number of nitrogen functional groups attached to an aromatic ring is 1. The lowest BCUT2D eigenvalue weighted by Crippen LogP contribution is -2.08. The van der Waals surface area contributed by atoms with E-state index in [1.807, 2.05) is 22.9 Å². The number of hydrogen-bond acceptors (Lipinski definition) is 5. The van der Waals surface area contributed by atoms with Gasteiger partial charge in [-0.15, -0.1) is 5.10 Å². The molecule has 0 aliphatic heterocycles. The van der Waals surface area contributed by atoms with Gasteiger partial charge >= 0.3 is 0 Å². The maximum Gasteiger partial charge on any atom is 0.182 e. The number of nitrogens with two attached hydrogens (primary N) is 1. The molecule has 19 heavy (non-hydrogen) atoms. The Morgan fingerprint density at radius 3 is 2.79 bits per heavy atom. The molecule has 1 fully saturated rings. The average Bonchev–Trinajstić information content (AvgIpc) is 3.09. The zero-order chi connectivity index (χ0) is 13.2. The van der Waals surface area contributed by atoms with Crippen LogP contribution in [0.5, 0.6) is 5.75 Å². The lowest BCUT2D eigenvalue weighted by Gasteiger charge is -2.12. The third-order valence-corrected chi connectivity index (χ3v) is 3.65. The summed E-state index contributed by atoms with van der Waals surface area (Å²) in [6, 6.07) is 6.05. The van der Waals surface area contributed by atoms with Gasteiger partial charge in [0, 0.05) is 5.56 Å². The first-order valence-corrected chi connectivity index (χ1v) is 6.51. The molecule has 0 bridgehead atoms. The molecule has 1 heterocycles. The summed E-state index contributed by atoms with van der Waals surface area (Å²) in [5, 5.41) is 12.1. The number of hydrogen-bond donors (Lipinski definition) is 1. The fourth-order valence-corrected chi connectivity index (χ4v) is 2.65. The van der Waals surface area contributed by atoms with Crippen molar-refractivity contribution >= 4 is 5.69 Å². The van der Waals surface area contributed by atoms with Gasteiger partial charge in [-0.3, -0.25) is 0 Å². The van der Waals surface area contributed by atoms with Crippen molar-refractivity contribution in [2.24, 2.45) is 0 Å². The summed E-state index contributed by atoms with van der Waals surface area (Å²) >= 11 is 0. The van der Waals surface area contributed by atoms with Crippen LogP contribution in [0.2, 0.25) is 0 Å². The minimum atomic E-state index is 0.410. The molecule has 0 spiro atoms. The van der Waals surface area contributed by atoms with Crippen LogP contribution in [0.1, 0.15) is 31.7 Å². The van der Waals surface area contributed by atoms with E-state index in [2.05, 4.69) is 15.5 Å². The Labute approximate surface area is 111 Å². The maximum absolute atomic E-state index is 5.94. The van der Waals surface area contributed by atoms with Gasteiger partial charge < -0.3 is 10.5 Å². The maximum atomic E-state index is 5.94. The Hall–Kier alpha value is -2.11. The Morgan fingerprint density at radius 2 is 2.11 bits per heavy atom. The standard InChI is InChI=1S/C13H17N5O/c1-19-12-7-6-9(8-11(12)14)13-15-16-17-18(13)10-4-2-3-5-10/h6-8,10H,2-5,14H2,1H3. The molecule has 1 aliphatic carbocycles. The van der Waals surface area contributed by atoms with E-state index in [4.69, 9.17) is 10.5 Å². The van der Waals surface area contributed by atoms with Gasteiger partial charge in [0.25, 0.3) is 0 Å². The van der Waals surface area contributed by atoms with Crippen LogP contribution >= 0.6 is 0 Å². The minimum Gasteiger partial charge on any atom is -0.495 e. The number of tetrazole rings is 1. The monoisotopic (exact) mass is 259 g/mol. The van der Waals surface area contributed by atoms with Crippen LogP contribution in [0, 0.1) is 0 Å². The van der Waals surface area contributed by atoms with E-state index >= 15 is 0 Å². The summed E-state index contributed by atoms with van der Waals surface area (Å²) in [7, 11) is 1.61. The fraction of sp³-hybridized carbons (Fsp3) is 0.462. The highest BCUT2D eigenvalue weighted by Gasteiger charge is 2.22. The SMILES string of the molecule is COc1ccc(-c2nnnn2C2CCCC2)cc1N. The zero-order valence-electron chi connectivity index (χ0n) is 10.9. The summed E-state index contributed by atoms with van der Waals surface area (Å²) in [6.45, 7) is 0. The van der Waals surface area contributed by atoms with Gasteiger partial charge in [-0.05, 0) is 41.5 Å². The number of aromatic nitrogens is 4. The van der Waals surface area contributed by atoms with E-state index in [9.17, 15) is 0 Å². The molecule has 0 unspecified atom stereocenters. The zero-order valence-corrected chi connectivity index (χ0v) is 10.9. The third-order valence-electron chi connectivity index (χ3n) is 3.65.